The lowest BCUT2D eigenvalue weighted by Gasteiger charge is -2.14. The van der Waals surface area contributed by atoms with Crippen molar-refractivity contribution in [2.45, 2.75) is 6.10 Å². The normalized spacial score (nSPS) is 11.8. The van der Waals surface area contributed by atoms with Gasteiger partial charge in [0.2, 0.25) is 0 Å². The third kappa shape index (κ3) is 4.84. The van der Waals surface area contributed by atoms with Crippen LogP contribution in [0.4, 0.5) is 0 Å². The van der Waals surface area contributed by atoms with E-state index in [2.05, 4.69) is 45.0 Å². The second kappa shape index (κ2) is 7.93. The van der Waals surface area contributed by atoms with Crippen LogP contribution in [0.1, 0.15) is 11.7 Å². The Hall–Kier alpha value is -0.290. The molecular weight excluding hydrogens is 321 g/mol. The number of rotatable bonds is 6. The van der Waals surface area contributed by atoms with E-state index >= 15 is 0 Å². The van der Waals surface area contributed by atoms with Gasteiger partial charge in [-0.1, -0.05) is 52.9 Å². The van der Waals surface area contributed by atoms with Gasteiger partial charge in [0.1, 0.15) is 6.10 Å². The van der Waals surface area contributed by atoms with Crippen LogP contribution in [0.3, 0.4) is 0 Å². The molecule has 2 nitrogen and oxygen atoms in total. The van der Waals surface area contributed by atoms with Crippen molar-refractivity contribution in [3.8, 4) is 0 Å². The standard InChI is InChI=1S/C11H12INOS/c12-6-7-14-11(8-13-9-15)10-4-2-1-3-5-10/h1-5,11H,6-8H2. The molecule has 0 bridgehead atoms. The molecule has 0 spiro atoms. The molecular formula is C11H12INOS. The van der Waals surface area contributed by atoms with E-state index in [0.29, 0.717) is 6.54 Å². The van der Waals surface area contributed by atoms with E-state index in [4.69, 9.17) is 4.74 Å². The minimum Gasteiger partial charge on any atom is -0.371 e. The third-order valence-corrected chi connectivity index (χ3v) is 2.46. The number of ether oxygens (including phenoxy) is 1. The molecule has 0 fully saturated rings. The van der Waals surface area contributed by atoms with Crippen molar-refractivity contribution in [3.05, 3.63) is 35.9 Å². The lowest BCUT2D eigenvalue weighted by Crippen LogP contribution is -2.09. The fourth-order valence-corrected chi connectivity index (χ4v) is 1.56. The fraction of sp³-hybridized carbons (Fsp3) is 0.364. The predicted molar refractivity (Wildman–Crippen MR) is 73.9 cm³/mol. The molecule has 0 saturated heterocycles. The van der Waals surface area contributed by atoms with E-state index in [9.17, 15) is 0 Å². The largest absolute Gasteiger partial charge is 0.371 e. The van der Waals surface area contributed by atoms with Gasteiger partial charge >= 0.3 is 0 Å². The highest BCUT2D eigenvalue weighted by molar-refractivity contribution is 14.1. The smallest absolute Gasteiger partial charge is 0.103 e. The SMILES string of the molecule is S=C=NCC(OCCI)c1ccccc1. The summed E-state index contributed by atoms with van der Waals surface area (Å²) < 4.78 is 6.67. The summed E-state index contributed by atoms with van der Waals surface area (Å²) in [5.41, 5.74) is 1.14. The van der Waals surface area contributed by atoms with Gasteiger partial charge in [-0.2, -0.15) is 0 Å². The zero-order valence-corrected chi connectivity index (χ0v) is 11.2. The van der Waals surface area contributed by atoms with Gasteiger partial charge in [-0.25, -0.2) is 4.99 Å². The number of isothiocyanates is 1. The Morgan fingerprint density at radius 2 is 2.13 bits per heavy atom. The van der Waals surface area contributed by atoms with Crippen LogP contribution in [0, 0.1) is 0 Å². The molecule has 0 aliphatic heterocycles. The molecule has 1 unspecified atom stereocenters. The molecule has 0 saturated carbocycles. The molecule has 0 aromatic heterocycles. The highest BCUT2D eigenvalue weighted by Gasteiger charge is 2.09. The molecule has 4 heteroatoms. The Morgan fingerprint density at radius 3 is 2.73 bits per heavy atom. The summed E-state index contributed by atoms with van der Waals surface area (Å²) in [6.45, 7) is 1.28. The summed E-state index contributed by atoms with van der Waals surface area (Å²) in [7, 11) is 0. The van der Waals surface area contributed by atoms with E-state index < -0.39 is 0 Å². The summed E-state index contributed by atoms with van der Waals surface area (Å²) in [6.07, 6.45) is -0.00332. The van der Waals surface area contributed by atoms with Gasteiger partial charge in [0.25, 0.3) is 0 Å². The second-order valence-electron chi connectivity index (χ2n) is 2.89. The van der Waals surface area contributed by atoms with Crippen molar-refractivity contribution in [3.63, 3.8) is 0 Å². The quantitative estimate of drug-likeness (QED) is 0.345. The fourth-order valence-electron chi connectivity index (χ4n) is 1.23. The number of benzene rings is 1. The molecule has 0 radical (unpaired) electrons. The molecule has 0 aliphatic carbocycles. The molecule has 0 amide bonds. The Kier molecular flexibility index (Phi) is 6.76. The number of alkyl halides is 1. The first-order chi connectivity index (χ1) is 7.38. The molecule has 80 valence electrons. The maximum Gasteiger partial charge on any atom is 0.103 e. The summed E-state index contributed by atoms with van der Waals surface area (Å²) >= 11 is 6.85. The van der Waals surface area contributed by atoms with Crippen molar-refractivity contribution in [2.24, 2.45) is 4.99 Å². The Morgan fingerprint density at radius 1 is 1.40 bits per heavy atom. The molecule has 1 atom stereocenters. The number of aliphatic imine (C=N–C) groups is 1. The molecule has 15 heavy (non-hydrogen) atoms. The monoisotopic (exact) mass is 333 g/mol. The van der Waals surface area contributed by atoms with Gasteiger partial charge in [0.15, 0.2) is 0 Å². The topological polar surface area (TPSA) is 21.6 Å². The van der Waals surface area contributed by atoms with Crippen molar-refractivity contribution >= 4 is 40.0 Å². The Bertz CT molecular complexity index is 325. The number of thiocarbonyl (C=S) groups is 1. The molecule has 0 N–H and O–H groups in total. The van der Waals surface area contributed by atoms with Crippen LogP contribution in [-0.4, -0.2) is 22.7 Å². The van der Waals surface area contributed by atoms with Crippen molar-refractivity contribution in [1.29, 1.82) is 0 Å². The number of hydrogen-bond acceptors (Lipinski definition) is 3. The Labute approximate surface area is 109 Å². The van der Waals surface area contributed by atoms with Crippen LogP contribution in [0.15, 0.2) is 35.3 Å². The van der Waals surface area contributed by atoms with Gasteiger partial charge in [-0.05, 0) is 17.8 Å². The van der Waals surface area contributed by atoms with E-state index in [1.807, 2.05) is 30.3 Å². The minimum atomic E-state index is -0.00332. The van der Waals surface area contributed by atoms with Gasteiger partial charge in [0, 0.05) is 4.43 Å². The lowest BCUT2D eigenvalue weighted by atomic mass is 10.1. The van der Waals surface area contributed by atoms with Crippen LogP contribution < -0.4 is 0 Å². The van der Waals surface area contributed by atoms with Crippen molar-refractivity contribution < 1.29 is 4.74 Å². The van der Waals surface area contributed by atoms with E-state index in [1.54, 1.807) is 0 Å². The molecule has 1 aromatic rings. The van der Waals surface area contributed by atoms with E-state index in [-0.39, 0.29) is 6.10 Å². The van der Waals surface area contributed by atoms with Crippen LogP contribution >= 0.6 is 34.8 Å². The highest BCUT2D eigenvalue weighted by Crippen LogP contribution is 2.17. The Balaban J connectivity index is 2.66. The summed E-state index contributed by atoms with van der Waals surface area (Å²) in [5, 5.41) is 2.37. The second-order valence-corrected chi connectivity index (χ2v) is 4.15. The first kappa shape index (κ1) is 12.8. The zero-order chi connectivity index (χ0) is 10.9. The maximum atomic E-state index is 5.69. The van der Waals surface area contributed by atoms with Crippen LogP contribution in [0.25, 0.3) is 0 Å². The van der Waals surface area contributed by atoms with Gasteiger partial charge in [0.05, 0.1) is 18.3 Å². The first-order valence-electron chi connectivity index (χ1n) is 4.64. The van der Waals surface area contributed by atoms with E-state index in [1.165, 1.54) is 0 Å². The third-order valence-electron chi connectivity index (χ3n) is 1.89. The average Bonchev–Trinajstić information content (AvgIpc) is 2.30. The molecule has 0 aliphatic rings. The number of hydrogen-bond donors (Lipinski definition) is 0. The summed E-state index contributed by atoms with van der Waals surface area (Å²) in [6, 6.07) is 10.1. The van der Waals surface area contributed by atoms with Crippen LogP contribution in [0.2, 0.25) is 0 Å². The zero-order valence-electron chi connectivity index (χ0n) is 8.23. The highest BCUT2D eigenvalue weighted by atomic mass is 127. The van der Waals surface area contributed by atoms with E-state index in [0.717, 1.165) is 16.6 Å². The summed E-state index contributed by atoms with van der Waals surface area (Å²) in [5.74, 6) is 0. The minimum absolute atomic E-state index is 0.00332. The van der Waals surface area contributed by atoms with Crippen molar-refractivity contribution in [2.75, 3.05) is 17.6 Å². The van der Waals surface area contributed by atoms with Gasteiger partial charge in [-0.3, -0.25) is 0 Å². The van der Waals surface area contributed by atoms with Gasteiger partial charge < -0.3 is 4.74 Å². The van der Waals surface area contributed by atoms with Crippen LogP contribution in [0.5, 0.6) is 0 Å². The molecule has 1 rings (SSSR count). The average molecular weight is 333 g/mol. The van der Waals surface area contributed by atoms with Gasteiger partial charge in [-0.15, -0.1) is 0 Å². The van der Waals surface area contributed by atoms with Crippen LogP contribution in [-0.2, 0) is 4.74 Å². The van der Waals surface area contributed by atoms with Crippen molar-refractivity contribution in [1.82, 2.24) is 0 Å². The predicted octanol–water partition coefficient (Wildman–Crippen LogP) is 3.28. The number of nitrogens with zero attached hydrogens (tertiary/aromatic N) is 1. The first-order valence-corrected chi connectivity index (χ1v) is 6.58. The molecule has 0 heterocycles. The molecule has 1 aromatic carbocycles. The lowest BCUT2D eigenvalue weighted by molar-refractivity contribution is 0.0725. The number of halogens is 1. The maximum absolute atomic E-state index is 5.69. The summed E-state index contributed by atoms with van der Waals surface area (Å²) in [4.78, 5) is 3.94.